The highest BCUT2D eigenvalue weighted by molar-refractivity contribution is 7.89. The van der Waals surface area contributed by atoms with Crippen LogP contribution in [-0.4, -0.2) is 47.5 Å². The Balaban J connectivity index is 1.44. The summed E-state index contributed by atoms with van der Waals surface area (Å²) in [5.74, 6) is 1.61. The summed E-state index contributed by atoms with van der Waals surface area (Å²) in [7, 11) is -2.00. The first kappa shape index (κ1) is 19.5. The van der Waals surface area contributed by atoms with Gasteiger partial charge in [0.05, 0.1) is 17.6 Å². The molecule has 2 aromatic heterocycles. The van der Waals surface area contributed by atoms with Crippen molar-refractivity contribution in [2.45, 2.75) is 36.6 Å². The van der Waals surface area contributed by atoms with Gasteiger partial charge in [0.1, 0.15) is 5.75 Å². The molecular weight excluding hydrogens is 392 g/mol. The van der Waals surface area contributed by atoms with E-state index in [1.807, 2.05) is 6.07 Å². The third kappa shape index (κ3) is 4.15. The van der Waals surface area contributed by atoms with E-state index in [2.05, 4.69) is 15.1 Å². The number of aryl methyl sites for hydroxylation is 1. The minimum atomic E-state index is -3.55. The van der Waals surface area contributed by atoms with Crippen LogP contribution in [0.5, 0.6) is 5.75 Å². The topological polar surface area (TPSA) is 98.4 Å². The van der Waals surface area contributed by atoms with Crippen LogP contribution in [0.3, 0.4) is 0 Å². The number of hydrogen-bond donors (Lipinski definition) is 0. The van der Waals surface area contributed by atoms with Gasteiger partial charge in [-0.2, -0.15) is 9.29 Å². The van der Waals surface area contributed by atoms with Gasteiger partial charge in [0, 0.05) is 31.4 Å². The molecule has 0 radical (unpaired) electrons. The fourth-order valence-corrected chi connectivity index (χ4v) is 5.28. The minimum absolute atomic E-state index is 0.0811. The summed E-state index contributed by atoms with van der Waals surface area (Å²) in [4.78, 5) is 8.73. The summed E-state index contributed by atoms with van der Waals surface area (Å²) < 4.78 is 38.2. The van der Waals surface area contributed by atoms with E-state index in [4.69, 9.17) is 9.26 Å². The zero-order valence-electron chi connectivity index (χ0n) is 16.1. The van der Waals surface area contributed by atoms with E-state index in [9.17, 15) is 8.42 Å². The number of methoxy groups -OCH3 is 1. The zero-order valence-corrected chi connectivity index (χ0v) is 16.9. The maximum absolute atomic E-state index is 13.1. The number of ether oxygens (including phenoxy) is 1. The van der Waals surface area contributed by atoms with E-state index >= 15 is 0 Å². The Hall–Kier alpha value is -2.78. The molecule has 9 heteroatoms. The van der Waals surface area contributed by atoms with Crippen LogP contribution in [0, 0.1) is 0 Å². The van der Waals surface area contributed by atoms with E-state index in [1.165, 1.54) is 0 Å². The quantitative estimate of drug-likeness (QED) is 0.586. The van der Waals surface area contributed by atoms with Gasteiger partial charge in [0.25, 0.3) is 5.89 Å². The molecule has 1 saturated heterocycles. The van der Waals surface area contributed by atoms with Gasteiger partial charge in [-0.3, -0.25) is 4.98 Å². The van der Waals surface area contributed by atoms with Crippen molar-refractivity contribution in [2.24, 2.45) is 0 Å². The molecule has 0 spiro atoms. The van der Waals surface area contributed by atoms with Gasteiger partial charge in [-0.1, -0.05) is 5.16 Å². The minimum Gasteiger partial charge on any atom is -0.497 e. The van der Waals surface area contributed by atoms with Crippen molar-refractivity contribution in [2.75, 3.05) is 13.7 Å². The Bertz CT molecular complexity index is 1050. The average molecular weight is 414 g/mol. The number of aromatic nitrogens is 3. The first-order valence-corrected chi connectivity index (χ1v) is 10.9. The molecule has 1 aliphatic heterocycles. The molecule has 1 aliphatic rings. The normalized spacial score (nSPS) is 17.5. The average Bonchev–Trinajstić information content (AvgIpc) is 3.43. The molecule has 1 unspecified atom stereocenters. The highest BCUT2D eigenvalue weighted by Gasteiger charge is 2.35. The largest absolute Gasteiger partial charge is 0.497 e. The van der Waals surface area contributed by atoms with Crippen LogP contribution >= 0.6 is 0 Å². The van der Waals surface area contributed by atoms with E-state index in [-0.39, 0.29) is 10.9 Å². The summed E-state index contributed by atoms with van der Waals surface area (Å²) in [6.45, 7) is 0.520. The lowest BCUT2D eigenvalue weighted by Crippen LogP contribution is -2.35. The molecular formula is C20H22N4O4S. The fraction of sp³-hybridized carbons (Fsp3) is 0.350. The maximum Gasteiger partial charge on any atom is 0.259 e. The molecule has 1 atom stereocenters. The molecule has 3 heterocycles. The van der Waals surface area contributed by atoms with Crippen molar-refractivity contribution < 1.29 is 17.7 Å². The number of rotatable bonds is 7. The van der Waals surface area contributed by atoms with Crippen LogP contribution in [0.15, 0.2) is 58.2 Å². The predicted molar refractivity (Wildman–Crippen MR) is 106 cm³/mol. The van der Waals surface area contributed by atoms with E-state index in [0.717, 1.165) is 18.4 Å². The van der Waals surface area contributed by atoms with Gasteiger partial charge in [0.15, 0.2) is 5.82 Å². The molecule has 8 nitrogen and oxygen atoms in total. The van der Waals surface area contributed by atoms with E-state index < -0.39 is 10.0 Å². The Kier molecular flexibility index (Phi) is 5.59. The first-order valence-electron chi connectivity index (χ1n) is 9.47. The highest BCUT2D eigenvalue weighted by Crippen LogP contribution is 2.29. The van der Waals surface area contributed by atoms with Gasteiger partial charge in [-0.25, -0.2) is 8.42 Å². The van der Waals surface area contributed by atoms with Crippen LogP contribution in [0.25, 0.3) is 11.5 Å². The number of hydrogen-bond acceptors (Lipinski definition) is 7. The summed E-state index contributed by atoms with van der Waals surface area (Å²) in [6.07, 6.45) is 6.19. The monoisotopic (exact) mass is 414 g/mol. The molecule has 0 bridgehead atoms. The second kappa shape index (κ2) is 8.30. The summed E-state index contributed by atoms with van der Waals surface area (Å²) in [6, 6.07) is 10.1. The standard InChI is InChI=1S/C20H22N4O4S/c1-27-17-7-9-18(10-8-17)29(25,26)24-13-3-5-16(24)6-11-19-22-20(28-23-19)15-4-2-12-21-14-15/h2,4,7-10,12,14,16H,3,5-6,11,13H2,1H3. The number of pyridine rings is 1. The van der Waals surface area contributed by atoms with Crippen LogP contribution in [0.4, 0.5) is 0 Å². The van der Waals surface area contributed by atoms with Crippen molar-refractivity contribution in [3.63, 3.8) is 0 Å². The van der Waals surface area contributed by atoms with E-state index in [0.29, 0.717) is 36.9 Å². The van der Waals surface area contributed by atoms with Crippen molar-refractivity contribution in [1.82, 2.24) is 19.4 Å². The second-order valence-electron chi connectivity index (χ2n) is 6.88. The Morgan fingerprint density at radius 3 is 2.79 bits per heavy atom. The van der Waals surface area contributed by atoms with Gasteiger partial charge in [-0.05, 0) is 55.7 Å². The summed E-state index contributed by atoms with van der Waals surface area (Å²) in [5.41, 5.74) is 0.760. The summed E-state index contributed by atoms with van der Waals surface area (Å²) >= 11 is 0. The number of nitrogens with zero attached hydrogens (tertiary/aromatic N) is 4. The smallest absolute Gasteiger partial charge is 0.259 e. The third-order valence-electron chi connectivity index (χ3n) is 5.07. The molecule has 0 amide bonds. The van der Waals surface area contributed by atoms with Crippen molar-refractivity contribution >= 4 is 10.0 Å². The Labute approximate surface area is 169 Å². The lowest BCUT2D eigenvalue weighted by molar-refractivity contribution is 0.364. The predicted octanol–water partition coefficient (Wildman–Crippen LogP) is 2.93. The highest BCUT2D eigenvalue weighted by atomic mass is 32.2. The third-order valence-corrected chi connectivity index (χ3v) is 7.03. The fourth-order valence-electron chi connectivity index (χ4n) is 3.55. The lowest BCUT2D eigenvalue weighted by Gasteiger charge is -2.23. The van der Waals surface area contributed by atoms with Crippen molar-refractivity contribution in [3.05, 3.63) is 54.6 Å². The first-order chi connectivity index (χ1) is 14.1. The Morgan fingerprint density at radius 1 is 1.24 bits per heavy atom. The molecule has 0 saturated carbocycles. The van der Waals surface area contributed by atoms with Gasteiger partial charge in [-0.15, -0.1) is 0 Å². The van der Waals surface area contributed by atoms with Gasteiger partial charge < -0.3 is 9.26 Å². The van der Waals surface area contributed by atoms with Crippen molar-refractivity contribution in [3.8, 4) is 17.2 Å². The van der Waals surface area contributed by atoms with Gasteiger partial charge in [0.2, 0.25) is 10.0 Å². The van der Waals surface area contributed by atoms with Crippen LogP contribution in [-0.2, 0) is 16.4 Å². The molecule has 3 aromatic rings. The SMILES string of the molecule is COc1ccc(S(=O)(=O)N2CCCC2CCc2noc(-c3cccnc3)n2)cc1. The molecule has 4 rings (SSSR count). The number of benzene rings is 1. The summed E-state index contributed by atoms with van der Waals surface area (Å²) in [5, 5.41) is 4.02. The van der Waals surface area contributed by atoms with Crippen LogP contribution < -0.4 is 4.74 Å². The Morgan fingerprint density at radius 2 is 2.07 bits per heavy atom. The molecule has 1 fully saturated rings. The van der Waals surface area contributed by atoms with Crippen molar-refractivity contribution in [1.29, 1.82) is 0 Å². The number of sulfonamides is 1. The molecule has 29 heavy (non-hydrogen) atoms. The molecule has 1 aromatic carbocycles. The molecule has 152 valence electrons. The zero-order chi connectivity index (χ0) is 20.3. The van der Waals surface area contributed by atoms with Crippen LogP contribution in [0.2, 0.25) is 0 Å². The van der Waals surface area contributed by atoms with Crippen LogP contribution in [0.1, 0.15) is 25.1 Å². The molecule has 0 aliphatic carbocycles. The second-order valence-corrected chi connectivity index (χ2v) is 8.77. The van der Waals surface area contributed by atoms with E-state index in [1.54, 1.807) is 54.1 Å². The van der Waals surface area contributed by atoms with Gasteiger partial charge >= 0.3 is 0 Å². The lowest BCUT2D eigenvalue weighted by atomic mass is 10.1. The molecule has 0 N–H and O–H groups in total. The maximum atomic E-state index is 13.1.